The minimum absolute atomic E-state index is 0.0784. The molecule has 0 radical (unpaired) electrons. The number of urea groups is 1. The van der Waals surface area contributed by atoms with Crippen molar-refractivity contribution < 1.29 is 18.7 Å². The highest BCUT2D eigenvalue weighted by atomic mass is 19.1. The molecule has 1 N–H and O–H groups in total. The molecule has 0 saturated carbocycles. The van der Waals surface area contributed by atoms with E-state index >= 15 is 0 Å². The van der Waals surface area contributed by atoms with Crippen molar-refractivity contribution in [1.29, 1.82) is 0 Å². The van der Waals surface area contributed by atoms with Crippen LogP contribution in [0.5, 0.6) is 0 Å². The fraction of sp³-hybridized carbons (Fsp3) is 0.556. The van der Waals surface area contributed by atoms with E-state index in [-0.39, 0.29) is 17.5 Å². The van der Waals surface area contributed by atoms with Gasteiger partial charge in [-0.3, -0.25) is 4.79 Å². The number of halogens is 1. The van der Waals surface area contributed by atoms with E-state index in [0.717, 1.165) is 12.8 Å². The Balaban J connectivity index is 1.71. The number of hydrogen-bond donors (Lipinski definition) is 1. The summed E-state index contributed by atoms with van der Waals surface area (Å²) in [6.45, 7) is 5.70. The molecular formula is C18H26FN3O3. The minimum Gasteiger partial charge on any atom is -0.382 e. The highest BCUT2D eigenvalue weighted by Crippen LogP contribution is 2.12. The van der Waals surface area contributed by atoms with Gasteiger partial charge in [0, 0.05) is 45.9 Å². The molecule has 2 rings (SSSR count). The zero-order chi connectivity index (χ0) is 18.1. The Bertz CT molecular complexity index is 574. The van der Waals surface area contributed by atoms with Crippen molar-refractivity contribution in [2.24, 2.45) is 0 Å². The Morgan fingerprint density at radius 3 is 2.48 bits per heavy atom. The van der Waals surface area contributed by atoms with E-state index in [1.165, 1.54) is 12.1 Å². The molecule has 0 unspecified atom stereocenters. The van der Waals surface area contributed by atoms with Crippen molar-refractivity contribution in [3.8, 4) is 0 Å². The maximum Gasteiger partial charge on any atom is 0.317 e. The van der Waals surface area contributed by atoms with Crippen molar-refractivity contribution in [2.75, 3.05) is 45.9 Å². The number of unbranched alkanes of at least 4 members (excludes halogenated alkanes) is 1. The summed E-state index contributed by atoms with van der Waals surface area (Å²) in [5, 5.41) is 2.88. The van der Waals surface area contributed by atoms with Crippen LogP contribution in [0.15, 0.2) is 24.3 Å². The van der Waals surface area contributed by atoms with E-state index in [4.69, 9.17) is 4.74 Å². The maximum atomic E-state index is 13.7. The Hall–Kier alpha value is -2.15. The van der Waals surface area contributed by atoms with Crippen molar-refractivity contribution >= 4 is 11.9 Å². The van der Waals surface area contributed by atoms with Gasteiger partial charge >= 0.3 is 6.03 Å². The van der Waals surface area contributed by atoms with Gasteiger partial charge in [0.05, 0.1) is 5.56 Å². The lowest BCUT2D eigenvalue weighted by atomic mass is 10.1. The molecule has 1 aromatic rings. The smallest absolute Gasteiger partial charge is 0.317 e. The summed E-state index contributed by atoms with van der Waals surface area (Å²) in [7, 11) is 0. The van der Waals surface area contributed by atoms with Crippen LogP contribution in [0.4, 0.5) is 9.18 Å². The Morgan fingerprint density at radius 2 is 1.80 bits per heavy atom. The van der Waals surface area contributed by atoms with Gasteiger partial charge in [0.2, 0.25) is 0 Å². The van der Waals surface area contributed by atoms with Gasteiger partial charge in [0.1, 0.15) is 5.82 Å². The van der Waals surface area contributed by atoms with E-state index in [1.54, 1.807) is 21.9 Å². The topological polar surface area (TPSA) is 61.9 Å². The van der Waals surface area contributed by atoms with Crippen LogP contribution in [-0.4, -0.2) is 67.7 Å². The summed E-state index contributed by atoms with van der Waals surface area (Å²) in [5.74, 6) is -0.839. The maximum absolute atomic E-state index is 13.7. The molecule has 1 aliphatic heterocycles. The number of ether oxygens (including phenoxy) is 1. The molecule has 138 valence electrons. The van der Waals surface area contributed by atoms with Crippen LogP contribution in [-0.2, 0) is 4.74 Å². The Kier molecular flexibility index (Phi) is 7.66. The van der Waals surface area contributed by atoms with Crippen LogP contribution in [0.25, 0.3) is 0 Å². The highest BCUT2D eigenvalue weighted by molar-refractivity contribution is 5.94. The number of amides is 3. The monoisotopic (exact) mass is 351 g/mol. The number of hydrogen-bond acceptors (Lipinski definition) is 3. The van der Waals surface area contributed by atoms with Crippen LogP contribution < -0.4 is 5.32 Å². The summed E-state index contributed by atoms with van der Waals surface area (Å²) in [5.41, 5.74) is 0.0784. The van der Waals surface area contributed by atoms with Crippen LogP contribution in [0.3, 0.4) is 0 Å². The zero-order valence-corrected chi connectivity index (χ0v) is 14.7. The average molecular weight is 351 g/mol. The molecule has 0 bridgehead atoms. The molecule has 0 atom stereocenters. The summed E-state index contributed by atoms with van der Waals surface area (Å²) >= 11 is 0. The summed E-state index contributed by atoms with van der Waals surface area (Å²) in [4.78, 5) is 27.7. The zero-order valence-electron chi connectivity index (χ0n) is 14.7. The van der Waals surface area contributed by atoms with Gasteiger partial charge in [0.15, 0.2) is 0 Å². The molecule has 0 spiro atoms. The van der Waals surface area contributed by atoms with Gasteiger partial charge in [-0.05, 0) is 31.9 Å². The molecule has 0 aromatic heterocycles. The second kappa shape index (κ2) is 9.98. The second-order valence-electron chi connectivity index (χ2n) is 5.90. The van der Waals surface area contributed by atoms with Crippen LogP contribution in [0.1, 0.15) is 30.1 Å². The van der Waals surface area contributed by atoms with Gasteiger partial charge < -0.3 is 19.9 Å². The van der Waals surface area contributed by atoms with E-state index < -0.39 is 5.82 Å². The predicted molar refractivity (Wildman–Crippen MR) is 93.0 cm³/mol. The predicted octanol–water partition coefficient (Wildman–Crippen LogP) is 2.11. The highest BCUT2D eigenvalue weighted by Gasteiger charge is 2.25. The normalized spacial score (nSPS) is 14.5. The standard InChI is InChI=1S/C18H26FN3O3/c1-2-25-14-6-5-9-20-18(24)22-12-10-21(11-13-22)17(23)15-7-3-4-8-16(15)19/h3-4,7-8H,2,5-6,9-14H2,1H3,(H,20,24). The van der Waals surface area contributed by atoms with Gasteiger partial charge in [-0.1, -0.05) is 12.1 Å². The number of carbonyl (C=O) groups is 2. The molecule has 1 aromatic carbocycles. The molecule has 25 heavy (non-hydrogen) atoms. The van der Waals surface area contributed by atoms with E-state index in [2.05, 4.69) is 5.32 Å². The average Bonchev–Trinajstić information content (AvgIpc) is 2.64. The van der Waals surface area contributed by atoms with Crippen molar-refractivity contribution in [3.63, 3.8) is 0 Å². The third-order valence-corrected chi connectivity index (χ3v) is 4.15. The van der Waals surface area contributed by atoms with E-state index in [9.17, 15) is 14.0 Å². The SMILES string of the molecule is CCOCCCCNC(=O)N1CCN(C(=O)c2ccccc2F)CC1. The number of nitrogens with zero attached hydrogens (tertiary/aromatic N) is 2. The Morgan fingerprint density at radius 1 is 1.12 bits per heavy atom. The van der Waals surface area contributed by atoms with E-state index in [1.807, 2.05) is 6.92 Å². The largest absolute Gasteiger partial charge is 0.382 e. The van der Waals surface area contributed by atoms with Gasteiger partial charge in [0.25, 0.3) is 5.91 Å². The summed E-state index contributed by atoms with van der Waals surface area (Å²) in [6, 6.07) is 5.85. The quantitative estimate of drug-likeness (QED) is 0.766. The van der Waals surface area contributed by atoms with Crippen LogP contribution >= 0.6 is 0 Å². The number of nitrogens with one attached hydrogen (secondary N) is 1. The number of rotatable bonds is 7. The molecule has 1 aliphatic rings. The number of carbonyl (C=O) groups excluding carboxylic acids is 2. The molecule has 1 fully saturated rings. The van der Waals surface area contributed by atoms with Gasteiger partial charge in [-0.25, -0.2) is 9.18 Å². The van der Waals surface area contributed by atoms with Crippen molar-refractivity contribution in [1.82, 2.24) is 15.1 Å². The van der Waals surface area contributed by atoms with Gasteiger partial charge in [-0.2, -0.15) is 0 Å². The molecular weight excluding hydrogens is 325 g/mol. The third-order valence-electron chi connectivity index (χ3n) is 4.15. The molecule has 1 heterocycles. The number of piperazine rings is 1. The molecule has 0 aliphatic carbocycles. The lowest BCUT2D eigenvalue weighted by molar-refractivity contribution is 0.0660. The summed E-state index contributed by atoms with van der Waals surface area (Å²) in [6.07, 6.45) is 1.79. The first-order chi connectivity index (χ1) is 12.1. The van der Waals surface area contributed by atoms with Crippen LogP contribution in [0, 0.1) is 5.82 Å². The van der Waals surface area contributed by atoms with Gasteiger partial charge in [-0.15, -0.1) is 0 Å². The third kappa shape index (κ3) is 5.70. The fourth-order valence-electron chi connectivity index (χ4n) is 2.70. The molecule has 6 nitrogen and oxygen atoms in total. The first-order valence-electron chi connectivity index (χ1n) is 8.77. The van der Waals surface area contributed by atoms with Crippen molar-refractivity contribution in [3.05, 3.63) is 35.6 Å². The molecule has 3 amide bonds. The van der Waals surface area contributed by atoms with E-state index in [0.29, 0.717) is 45.9 Å². The Labute approximate surface area is 147 Å². The fourth-order valence-corrected chi connectivity index (χ4v) is 2.70. The first-order valence-corrected chi connectivity index (χ1v) is 8.77. The lowest BCUT2D eigenvalue weighted by Crippen LogP contribution is -2.53. The lowest BCUT2D eigenvalue weighted by Gasteiger charge is -2.34. The second-order valence-corrected chi connectivity index (χ2v) is 5.90. The van der Waals surface area contributed by atoms with Crippen molar-refractivity contribution in [2.45, 2.75) is 19.8 Å². The molecule has 7 heteroatoms. The molecule has 1 saturated heterocycles. The summed E-state index contributed by atoms with van der Waals surface area (Å²) < 4.78 is 19.0. The first kappa shape index (κ1) is 19.2. The minimum atomic E-state index is -0.514. The number of benzene rings is 1. The van der Waals surface area contributed by atoms with Crippen LogP contribution in [0.2, 0.25) is 0 Å².